The van der Waals surface area contributed by atoms with Crippen LogP contribution in [-0.4, -0.2) is 44.6 Å². The number of aromatic nitrogens is 4. The van der Waals surface area contributed by atoms with Gasteiger partial charge in [0, 0.05) is 38.3 Å². The first-order chi connectivity index (χ1) is 12.1. The molecule has 1 saturated heterocycles. The number of hydrogen-bond acceptors (Lipinski definition) is 6. The number of carbonyl (C=O) groups excluding carboxylic acids is 1. The van der Waals surface area contributed by atoms with E-state index in [2.05, 4.69) is 39.3 Å². The smallest absolute Gasteiger partial charge is 0.242 e. The maximum atomic E-state index is 12.2. The zero-order valence-electron chi connectivity index (χ0n) is 14.9. The molecule has 0 radical (unpaired) electrons. The SMILES string of the molecule is CCc1nnc(NC[C@@H]2CC(=O)N(C)[C@H]2c2ccncc2)nc1CC. The fourth-order valence-electron chi connectivity index (χ4n) is 3.43. The van der Waals surface area contributed by atoms with E-state index < -0.39 is 0 Å². The Labute approximate surface area is 147 Å². The molecule has 1 fully saturated rings. The summed E-state index contributed by atoms with van der Waals surface area (Å²) < 4.78 is 0. The Kier molecular flexibility index (Phi) is 5.21. The van der Waals surface area contributed by atoms with Gasteiger partial charge >= 0.3 is 0 Å². The van der Waals surface area contributed by atoms with Gasteiger partial charge in [-0.2, -0.15) is 5.10 Å². The first-order valence-electron chi connectivity index (χ1n) is 8.75. The average Bonchev–Trinajstić information content (AvgIpc) is 2.94. The third-order valence-corrected chi connectivity index (χ3v) is 4.77. The monoisotopic (exact) mass is 340 g/mol. The summed E-state index contributed by atoms with van der Waals surface area (Å²) in [4.78, 5) is 22.7. The van der Waals surface area contributed by atoms with Crippen molar-refractivity contribution in [1.82, 2.24) is 25.1 Å². The lowest BCUT2D eigenvalue weighted by atomic mass is 9.94. The van der Waals surface area contributed by atoms with Gasteiger partial charge in [-0.05, 0) is 30.5 Å². The molecule has 132 valence electrons. The van der Waals surface area contributed by atoms with Crippen molar-refractivity contribution in [2.75, 3.05) is 18.9 Å². The predicted molar refractivity (Wildman–Crippen MR) is 94.9 cm³/mol. The second-order valence-electron chi connectivity index (χ2n) is 6.31. The van der Waals surface area contributed by atoms with Gasteiger partial charge in [0.2, 0.25) is 11.9 Å². The summed E-state index contributed by atoms with van der Waals surface area (Å²) in [6.45, 7) is 4.74. The van der Waals surface area contributed by atoms with E-state index in [4.69, 9.17) is 0 Å². The Bertz CT molecular complexity index is 736. The topological polar surface area (TPSA) is 83.9 Å². The fraction of sp³-hybridized carbons (Fsp3) is 0.500. The van der Waals surface area contributed by atoms with E-state index >= 15 is 0 Å². The molecule has 2 aromatic rings. The van der Waals surface area contributed by atoms with Gasteiger partial charge in [-0.1, -0.05) is 13.8 Å². The first-order valence-corrected chi connectivity index (χ1v) is 8.75. The molecule has 25 heavy (non-hydrogen) atoms. The number of carbonyl (C=O) groups is 1. The Balaban J connectivity index is 1.74. The number of rotatable bonds is 6. The van der Waals surface area contributed by atoms with Gasteiger partial charge in [0.1, 0.15) is 0 Å². The normalized spacial score (nSPS) is 20.1. The van der Waals surface area contributed by atoms with Crippen LogP contribution in [0.3, 0.4) is 0 Å². The van der Waals surface area contributed by atoms with Crippen molar-refractivity contribution in [3.05, 3.63) is 41.5 Å². The van der Waals surface area contributed by atoms with Gasteiger partial charge < -0.3 is 10.2 Å². The van der Waals surface area contributed by atoms with Crippen molar-refractivity contribution < 1.29 is 4.79 Å². The van der Waals surface area contributed by atoms with Crippen LogP contribution < -0.4 is 5.32 Å². The fourth-order valence-corrected chi connectivity index (χ4v) is 3.43. The molecule has 2 atom stereocenters. The lowest BCUT2D eigenvalue weighted by Crippen LogP contribution is -2.27. The molecule has 0 bridgehead atoms. The lowest BCUT2D eigenvalue weighted by molar-refractivity contribution is -0.127. The Hall–Kier alpha value is -2.57. The molecule has 1 aliphatic heterocycles. The molecule has 7 nitrogen and oxygen atoms in total. The van der Waals surface area contributed by atoms with Crippen molar-refractivity contribution in [3.63, 3.8) is 0 Å². The van der Waals surface area contributed by atoms with Crippen LogP contribution in [-0.2, 0) is 17.6 Å². The highest BCUT2D eigenvalue weighted by atomic mass is 16.2. The third-order valence-electron chi connectivity index (χ3n) is 4.77. The highest BCUT2D eigenvalue weighted by Crippen LogP contribution is 2.36. The molecule has 1 amide bonds. The molecule has 3 rings (SSSR count). The molecule has 7 heteroatoms. The van der Waals surface area contributed by atoms with E-state index in [0.717, 1.165) is 29.8 Å². The molecule has 1 N–H and O–H groups in total. The minimum atomic E-state index is 0.0384. The quantitative estimate of drug-likeness (QED) is 0.866. The number of aryl methyl sites for hydroxylation is 2. The Morgan fingerprint density at radius 2 is 1.88 bits per heavy atom. The predicted octanol–water partition coefficient (Wildman–Crippen LogP) is 2.02. The third kappa shape index (κ3) is 3.60. The molecule has 0 saturated carbocycles. The number of likely N-dealkylation sites (tertiary alicyclic amines) is 1. The number of amides is 1. The van der Waals surface area contributed by atoms with Crippen molar-refractivity contribution in [3.8, 4) is 0 Å². The second-order valence-corrected chi connectivity index (χ2v) is 6.31. The number of anilines is 1. The highest BCUT2D eigenvalue weighted by Gasteiger charge is 2.38. The van der Waals surface area contributed by atoms with Crippen LogP contribution in [0.25, 0.3) is 0 Å². The summed E-state index contributed by atoms with van der Waals surface area (Å²) in [6.07, 6.45) is 5.70. The second kappa shape index (κ2) is 7.55. The summed E-state index contributed by atoms with van der Waals surface area (Å²) in [5.41, 5.74) is 3.02. The van der Waals surface area contributed by atoms with Crippen molar-refractivity contribution >= 4 is 11.9 Å². The minimum absolute atomic E-state index is 0.0384. The number of nitrogens with one attached hydrogen (secondary N) is 1. The zero-order chi connectivity index (χ0) is 17.8. The number of hydrogen-bond donors (Lipinski definition) is 1. The standard InChI is InChI=1S/C18H24N6O/c1-4-14-15(5-2)22-23-18(21-14)20-11-13-10-16(25)24(3)17(13)12-6-8-19-9-7-12/h6-9,13,17H,4-5,10-11H2,1-3H3,(H,20,21,23)/t13-,17-/m0/s1. The first kappa shape index (κ1) is 17.3. The molecule has 3 heterocycles. The maximum Gasteiger partial charge on any atom is 0.242 e. The van der Waals surface area contributed by atoms with Gasteiger partial charge in [-0.3, -0.25) is 9.78 Å². The summed E-state index contributed by atoms with van der Waals surface area (Å²) in [7, 11) is 1.86. The minimum Gasteiger partial charge on any atom is -0.353 e. The van der Waals surface area contributed by atoms with E-state index in [9.17, 15) is 4.79 Å². The molecule has 0 aliphatic carbocycles. The van der Waals surface area contributed by atoms with E-state index in [1.165, 1.54) is 0 Å². The van der Waals surface area contributed by atoms with E-state index in [0.29, 0.717) is 18.9 Å². The van der Waals surface area contributed by atoms with Gasteiger partial charge in [0.25, 0.3) is 0 Å². The van der Waals surface area contributed by atoms with Crippen LogP contribution in [0.15, 0.2) is 24.5 Å². The zero-order valence-corrected chi connectivity index (χ0v) is 14.9. The van der Waals surface area contributed by atoms with Crippen molar-refractivity contribution in [2.24, 2.45) is 5.92 Å². The van der Waals surface area contributed by atoms with Crippen molar-refractivity contribution in [1.29, 1.82) is 0 Å². The van der Waals surface area contributed by atoms with Crippen molar-refractivity contribution in [2.45, 2.75) is 39.2 Å². The van der Waals surface area contributed by atoms with E-state index in [1.54, 1.807) is 12.4 Å². The molecule has 0 aromatic carbocycles. The summed E-state index contributed by atoms with van der Waals surface area (Å²) in [5.74, 6) is 0.840. The highest BCUT2D eigenvalue weighted by molar-refractivity contribution is 5.79. The maximum absolute atomic E-state index is 12.2. The Morgan fingerprint density at radius 3 is 2.56 bits per heavy atom. The van der Waals surface area contributed by atoms with Crippen LogP contribution >= 0.6 is 0 Å². The van der Waals surface area contributed by atoms with Gasteiger partial charge in [-0.25, -0.2) is 4.98 Å². The van der Waals surface area contributed by atoms with E-state index in [-0.39, 0.29) is 17.9 Å². The molecular formula is C18H24N6O. The van der Waals surface area contributed by atoms with Crippen LogP contribution in [0.4, 0.5) is 5.95 Å². The van der Waals surface area contributed by atoms with Gasteiger partial charge in [0.05, 0.1) is 17.4 Å². The average molecular weight is 340 g/mol. The molecule has 0 unspecified atom stereocenters. The largest absolute Gasteiger partial charge is 0.353 e. The van der Waals surface area contributed by atoms with Gasteiger partial charge in [0.15, 0.2) is 0 Å². The summed E-state index contributed by atoms with van der Waals surface area (Å²) >= 11 is 0. The van der Waals surface area contributed by atoms with Crippen LogP contribution in [0.5, 0.6) is 0 Å². The lowest BCUT2D eigenvalue weighted by Gasteiger charge is -2.25. The molecule has 1 aliphatic rings. The van der Waals surface area contributed by atoms with Gasteiger partial charge in [-0.15, -0.1) is 5.10 Å². The summed E-state index contributed by atoms with van der Waals surface area (Å²) in [6, 6.07) is 3.98. The van der Waals surface area contributed by atoms with Crippen LogP contribution in [0, 0.1) is 5.92 Å². The number of pyridine rings is 1. The van der Waals surface area contributed by atoms with Crippen LogP contribution in [0.1, 0.15) is 43.3 Å². The molecule has 2 aromatic heterocycles. The summed E-state index contributed by atoms with van der Waals surface area (Å²) in [5, 5.41) is 11.7. The molecule has 0 spiro atoms. The Morgan fingerprint density at radius 1 is 1.16 bits per heavy atom. The van der Waals surface area contributed by atoms with Crippen LogP contribution in [0.2, 0.25) is 0 Å². The number of nitrogens with zero attached hydrogens (tertiary/aromatic N) is 5. The van der Waals surface area contributed by atoms with E-state index in [1.807, 2.05) is 24.1 Å². The molecular weight excluding hydrogens is 316 g/mol.